The molecule has 0 aromatic carbocycles. The van der Waals surface area contributed by atoms with E-state index in [4.69, 9.17) is 10.7 Å². The average molecular weight is 358 g/mol. The summed E-state index contributed by atoms with van der Waals surface area (Å²) in [5.41, 5.74) is 9.11. The van der Waals surface area contributed by atoms with Crippen LogP contribution in [0.3, 0.4) is 0 Å². The first-order valence-corrected chi connectivity index (χ1v) is 9.64. The molecule has 26 heavy (non-hydrogen) atoms. The number of aliphatic imine (C=N–C) groups is 1. The van der Waals surface area contributed by atoms with Crippen LogP contribution < -0.4 is 11.1 Å². The normalized spacial score (nSPS) is 27.5. The Morgan fingerprint density at radius 1 is 1.38 bits per heavy atom. The molecule has 142 valence electrons. The lowest BCUT2D eigenvalue weighted by molar-refractivity contribution is 0.152. The summed E-state index contributed by atoms with van der Waals surface area (Å²) in [4.78, 5) is 13.4. The standard InChI is InChI=1S/C20H31N5O/c1-14(11-15-3-4-15)17(12-22-2)18-7-10-23-19(25-18)24-16-5-8-20(21,13-26)9-6-16/h7,10,12,15-16,26H,3-6,8-9,11,13,21H2,1-2H3,(H,23,24,25)/b17-14-,22-12-. The predicted molar refractivity (Wildman–Crippen MR) is 106 cm³/mol. The van der Waals surface area contributed by atoms with Gasteiger partial charge in [-0.2, -0.15) is 0 Å². The lowest BCUT2D eigenvalue weighted by Crippen LogP contribution is -2.48. The van der Waals surface area contributed by atoms with E-state index >= 15 is 0 Å². The highest BCUT2D eigenvalue weighted by atomic mass is 16.3. The van der Waals surface area contributed by atoms with Gasteiger partial charge in [-0.15, -0.1) is 0 Å². The largest absolute Gasteiger partial charge is 0.394 e. The zero-order valence-corrected chi connectivity index (χ0v) is 15.9. The van der Waals surface area contributed by atoms with Crippen molar-refractivity contribution in [1.29, 1.82) is 0 Å². The quantitative estimate of drug-likeness (QED) is 0.652. The van der Waals surface area contributed by atoms with Gasteiger partial charge in [0.1, 0.15) is 0 Å². The summed E-state index contributed by atoms with van der Waals surface area (Å²) in [7, 11) is 1.80. The number of rotatable bonds is 7. The highest BCUT2D eigenvalue weighted by Crippen LogP contribution is 2.36. The maximum atomic E-state index is 9.41. The van der Waals surface area contributed by atoms with Crippen LogP contribution in [0.2, 0.25) is 0 Å². The van der Waals surface area contributed by atoms with E-state index in [1.807, 2.05) is 18.5 Å². The van der Waals surface area contributed by atoms with E-state index in [-0.39, 0.29) is 6.61 Å². The van der Waals surface area contributed by atoms with Gasteiger partial charge in [0.15, 0.2) is 0 Å². The number of hydrogen-bond donors (Lipinski definition) is 3. The number of aliphatic hydroxyl groups excluding tert-OH is 1. The summed E-state index contributed by atoms with van der Waals surface area (Å²) >= 11 is 0. The highest BCUT2D eigenvalue weighted by Gasteiger charge is 2.31. The third-order valence-electron chi connectivity index (χ3n) is 5.57. The fraction of sp³-hybridized carbons (Fsp3) is 0.650. The molecule has 1 aromatic heterocycles. The van der Waals surface area contributed by atoms with Gasteiger partial charge in [-0.1, -0.05) is 5.57 Å². The van der Waals surface area contributed by atoms with Crippen molar-refractivity contribution in [2.45, 2.75) is 63.5 Å². The third-order valence-corrected chi connectivity index (χ3v) is 5.57. The number of allylic oxidation sites excluding steroid dienone is 2. The zero-order chi connectivity index (χ0) is 18.6. The Balaban J connectivity index is 1.71. The summed E-state index contributed by atoms with van der Waals surface area (Å²) in [6.07, 6.45) is 11.0. The summed E-state index contributed by atoms with van der Waals surface area (Å²) in [5.74, 6) is 1.49. The number of anilines is 1. The lowest BCUT2D eigenvalue weighted by atomic mass is 9.81. The number of aromatic nitrogens is 2. The van der Waals surface area contributed by atoms with Crippen molar-refractivity contribution in [1.82, 2.24) is 9.97 Å². The SMILES string of the molecule is C/N=C\C(=C(/C)CC1CC1)c1ccnc(NC2CCC(N)(CO)CC2)n1. The van der Waals surface area contributed by atoms with Crippen molar-refractivity contribution in [3.8, 4) is 0 Å². The van der Waals surface area contributed by atoms with E-state index in [0.29, 0.717) is 12.0 Å². The van der Waals surface area contributed by atoms with Gasteiger partial charge in [0.05, 0.1) is 12.3 Å². The molecule has 6 heteroatoms. The summed E-state index contributed by atoms with van der Waals surface area (Å²) in [5, 5.41) is 12.9. The summed E-state index contributed by atoms with van der Waals surface area (Å²) < 4.78 is 0. The molecule has 2 fully saturated rings. The number of aliphatic hydroxyl groups is 1. The van der Waals surface area contributed by atoms with Gasteiger partial charge in [-0.25, -0.2) is 9.97 Å². The molecule has 2 aliphatic carbocycles. The van der Waals surface area contributed by atoms with Gasteiger partial charge in [-0.3, -0.25) is 4.99 Å². The highest BCUT2D eigenvalue weighted by molar-refractivity contribution is 6.10. The van der Waals surface area contributed by atoms with Crippen molar-refractivity contribution < 1.29 is 5.11 Å². The van der Waals surface area contributed by atoms with E-state index in [9.17, 15) is 5.11 Å². The third kappa shape index (κ3) is 4.89. The number of nitrogens with two attached hydrogens (primary N) is 1. The Kier molecular flexibility index (Phi) is 6.04. The smallest absolute Gasteiger partial charge is 0.223 e. The van der Waals surface area contributed by atoms with Crippen LogP contribution >= 0.6 is 0 Å². The monoisotopic (exact) mass is 357 g/mol. The second-order valence-corrected chi connectivity index (χ2v) is 7.93. The second kappa shape index (κ2) is 8.27. The first kappa shape index (κ1) is 19.0. The van der Waals surface area contributed by atoms with E-state index in [1.165, 1.54) is 18.4 Å². The molecule has 0 bridgehead atoms. The van der Waals surface area contributed by atoms with Crippen molar-refractivity contribution >= 4 is 17.7 Å². The van der Waals surface area contributed by atoms with Gasteiger partial charge in [0, 0.05) is 36.6 Å². The molecule has 0 saturated heterocycles. The minimum absolute atomic E-state index is 0.0521. The molecule has 2 saturated carbocycles. The minimum Gasteiger partial charge on any atom is -0.394 e. The van der Waals surface area contributed by atoms with Crippen LogP contribution in [0, 0.1) is 5.92 Å². The van der Waals surface area contributed by atoms with Crippen LogP contribution in [0.4, 0.5) is 5.95 Å². The topological polar surface area (TPSA) is 96.4 Å². The van der Waals surface area contributed by atoms with E-state index in [2.05, 4.69) is 22.2 Å². The molecule has 0 amide bonds. The van der Waals surface area contributed by atoms with Crippen LogP contribution in [0.1, 0.15) is 57.6 Å². The molecular weight excluding hydrogens is 326 g/mol. The van der Waals surface area contributed by atoms with Crippen LogP contribution in [-0.2, 0) is 0 Å². The lowest BCUT2D eigenvalue weighted by Gasteiger charge is -2.35. The molecule has 1 aromatic rings. The zero-order valence-electron chi connectivity index (χ0n) is 15.9. The molecule has 6 nitrogen and oxygen atoms in total. The Hall–Kier alpha value is -1.79. The van der Waals surface area contributed by atoms with Crippen molar-refractivity contribution in [3.05, 3.63) is 23.5 Å². The Labute approximate surface area is 156 Å². The van der Waals surface area contributed by atoms with Crippen LogP contribution in [-0.4, -0.2) is 46.5 Å². The molecule has 2 aliphatic rings. The molecule has 0 unspecified atom stereocenters. The van der Waals surface area contributed by atoms with Gasteiger partial charge >= 0.3 is 0 Å². The first-order chi connectivity index (χ1) is 12.5. The second-order valence-electron chi connectivity index (χ2n) is 7.93. The fourth-order valence-corrected chi connectivity index (χ4v) is 3.64. The Bertz CT molecular complexity index is 673. The van der Waals surface area contributed by atoms with Crippen molar-refractivity contribution in [2.24, 2.45) is 16.6 Å². The van der Waals surface area contributed by atoms with Crippen molar-refractivity contribution in [3.63, 3.8) is 0 Å². The van der Waals surface area contributed by atoms with Crippen LogP contribution in [0.5, 0.6) is 0 Å². The summed E-state index contributed by atoms with van der Waals surface area (Å²) in [6.45, 7) is 2.23. The number of nitrogens with zero attached hydrogens (tertiary/aromatic N) is 3. The van der Waals surface area contributed by atoms with E-state index in [1.54, 1.807) is 7.05 Å². The first-order valence-electron chi connectivity index (χ1n) is 9.64. The Morgan fingerprint density at radius 3 is 2.73 bits per heavy atom. The van der Waals surface area contributed by atoms with Gasteiger partial charge in [0.2, 0.25) is 5.95 Å². The van der Waals surface area contributed by atoms with E-state index < -0.39 is 5.54 Å². The van der Waals surface area contributed by atoms with Crippen LogP contribution in [0.25, 0.3) is 5.57 Å². The fourth-order valence-electron chi connectivity index (χ4n) is 3.64. The Morgan fingerprint density at radius 2 is 2.12 bits per heavy atom. The number of hydrogen-bond acceptors (Lipinski definition) is 6. The molecule has 0 spiro atoms. The maximum Gasteiger partial charge on any atom is 0.223 e. The minimum atomic E-state index is -0.422. The van der Waals surface area contributed by atoms with Crippen LogP contribution in [0.15, 0.2) is 22.8 Å². The molecule has 0 atom stereocenters. The van der Waals surface area contributed by atoms with Gasteiger partial charge < -0.3 is 16.2 Å². The maximum absolute atomic E-state index is 9.41. The molecule has 0 aliphatic heterocycles. The molecule has 1 heterocycles. The van der Waals surface area contributed by atoms with Crippen molar-refractivity contribution in [2.75, 3.05) is 19.0 Å². The van der Waals surface area contributed by atoms with Gasteiger partial charge in [0.25, 0.3) is 0 Å². The summed E-state index contributed by atoms with van der Waals surface area (Å²) in [6, 6.07) is 2.25. The van der Waals surface area contributed by atoms with E-state index in [0.717, 1.165) is 49.3 Å². The molecule has 0 radical (unpaired) electrons. The molecule has 3 rings (SSSR count). The molecular formula is C20H31N5O. The predicted octanol–water partition coefficient (Wildman–Crippen LogP) is 2.80. The molecule has 4 N–H and O–H groups in total. The van der Waals surface area contributed by atoms with Gasteiger partial charge in [-0.05, 0) is 63.9 Å². The number of nitrogens with one attached hydrogen (secondary N) is 1. The average Bonchev–Trinajstić information content (AvgIpc) is 3.46.